The van der Waals surface area contributed by atoms with Gasteiger partial charge in [-0.3, -0.25) is 0 Å². The smallest absolute Gasteiger partial charge is 0.185 e. The van der Waals surface area contributed by atoms with E-state index in [1.165, 1.54) is 4.88 Å². The van der Waals surface area contributed by atoms with Gasteiger partial charge in [0.15, 0.2) is 5.13 Å². The van der Waals surface area contributed by atoms with Crippen LogP contribution < -0.4 is 10.2 Å². The van der Waals surface area contributed by atoms with Crippen LogP contribution in [0.25, 0.3) is 0 Å². The Kier molecular flexibility index (Phi) is 6.10. The molecule has 7 heteroatoms. The molecule has 0 radical (unpaired) electrons. The van der Waals surface area contributed by atoms with Gasteiger partial charge in [0.05, 0.1) is 29.5 Å². The van der Waals surface area contributed by atoms with E-state index in [-0.39, 0.29) is 0 Å². The highest BCUT2D eigenvalue weighted by Crippen LogP contribution is 2.26. The van der Waals surface area contributed by atoms with Crippen molar-refractivity contribution in [1.82, 2.24) is 15.3 Å². The van der Waals surface area contributed by atoms with Gasteiger partial charge in [-0.1, -0.05) is 0 Å². The lowest BCUT2D eigenvalue weighted by molar-refractivity contribution is 0.199. The second kappa shape index (κ2) is 7.84. The molecule has 0 bridgehead atoms. The Labute approximate surface area is 134 Å². The molecule has 0 aromatic carbocycles. The van der Waals surface area contributed by atoms with Crippen LogP contribution in [0.2, 0.25) is 0 Å². The summed E-state index contributed by atoms with van der Waals surface area (Å²) in [5, 5.41) is 7.63. The highest BCUT2D eigenvalue weighted by Gasteiger charge is 2.12. The lowest BCUT2D eigenvalue weighted by Crippen LogP contribution is -2.18. The molecule has 0 saturated carbocycles. The second-order valence-corrected chi connectivity index (χ2v) is 7.01. The summed E-state index contributed by atoms with van der Waals surface area (Å²) in [6.07, 6.45) is 0. The van der Waals surface area contributed by atoms with Gasteiger partial charge >= 0.3 is 0 Å². The van der Waals surface area contributed by atoms with E-state index in [0.717, 1.165) is 47.8 Å². The molecule has 0 spiro atoms. The van der Waals surface area contributed by atoms with E-state index >= 15 is 0 Å². The summed E-state index contributed by atoms with van der Waals surface area (Å²) in [5.41, 5.74) is 2.20. The Morgan fingerprint density at radius 2 is 2.14 bits per heavy atom. The van der Waals surface area contributed by atoms with Gasteiger partial charge in [0, 0.05) is 37.5 Å². The quantitative estimate of drug-likeness (QED) is 0.756. The number of nitrogens with one attached hydrogen (secondary N) is 1. The van der Waals surface area contributed by atoms with Crippen LogP contribution in [0.15, 0.2) is 5.38 Å². The van der Waals surface area contributed by atoms with Gasteiger partial charge in [0.25, 0.3) is 0 Å². The highest BCUT2D eigenvalue weighted by molar-refractivity contribution is 7.15. The zero-order valence-corrected chi connectivity index (χ0v) is 14.6. The third-order valence-corrected chi connectivity index (χ3v) is 5.14. The number of anilines is 1. The highest BCUT2D eigenvalue weighted by atomic mass is 32.1. The fourth-order valence-electron chi connectivity index (χ4n) is 1.91. The van der Waals surface area contributed by atoms with Gasteiger partial charge in [-0.2, -0.15) is 0 Å². The van der Waals surface area contributed by atoms with Gasteiger partial charge in [0.1, 0.15) is 0 Å². The average Bonchev–Trinajstić information content (AvgIpc) is 3.01. The third-order valence-electron chi connectivity index (χ3n) is 3.04. The number of thiazole rings is 2. The number of nitrogens with zero attached hydrogens (tertiary/aromatic N) is 3. The molecule has 2 rings (SSSR count). The van der Waals surface area contributed by atoms with E-state index in [9.17, 15) is 0 Å². The molecule has 2 aromatic heterocycles. The Hall–Kier alpha value is -1.02. The molecule has 1 N–H and O–H groups in total. The van der Waals surface area contributed by atoms with E-state index < -0.39 is 0 Å². The number of aromatic nitrogens is 2. The number of hydrogen-bond acceptors (Lipinski definition) is 7. The summed E-state index contributed by atoms with van der Waals surface area (Å²) in [6.45, 7) is 7.33. The van der Waals surface area contributed by atoms with Crippen LogP contribution in [0.3, 0.4) is 0 Å². The lowest BCUT2D eigenvalue weighted by atomic mass is 10.4. The maximum absolute atomic E-state index is 5.03. The predicted octanol–water partition coefficient (Wildman–Crippen LogP) is 2.59. The molecule has 0 saturated heterocycles. The molecule has 0 aliphatic carbocycles. The predicted molar refractivity (Wildman–Crippen MR) is 89.4 cm³/mol. The molecule has 0 fully saturated rings. The van der Waals surface area contributed by atoms with Crippen LogP contribution in [0.5, 0.6) is 0 Å². The van der Waals surface area contributed by atoms with Crippen molar-refractivity contribution in [2.24, 2.45) is 0 Å². The largest absolute Gasteiger partial charge is 0.383 e. The van der Waals surface area contributed by atoms with Crippen molar-refractivity contribution in [1.29, 1.82) is 0 Å². The topological polar surface area (TPSA) is 50.3 Å². The number of hydrogen-bond donors (Lipinski definition) is 1. The molecule has 116 valence electrons. The summed E-state index contributed by atoms with van der Waals surface area (Å²) in [6, 6.07) is 0. The first-order valence-electron chi connectivity index (χ1n) is 6.88. The summed E-state index contributed by atoms with van der Waals surface area (Å²) in [7, 11) is 3.78. The minimum absolute atomic E-state index is 0.730. The van der Waals surface area contributed by atoms with Crippen molar-refractivity contribution in [3.05, 3.63) is 26.7 Å². The van der Waals surface area contributed by atoms with Crippen LogP contribution in [-0.4, -0.2) is 37.3 Å². The Balaban J connectivity index is 1.93. The number of aryl methyl sites for hydroxylation is 2. The van der Waals surface area contributed by atoms with Crippen LogP contribution in [0, 0.1) is 13.8 Å². The normalized spacial score (nSPS) is 11.0. The van der Waals surface area contributed by atoms with Crippen molar-refractivity contribution in [3.63, 3.8) is 0 Å². The van der Waals surface area contributed by atoms with Gasteiger partial charge in [-0.05, 0) is 13.8 Å². The van der Waals surface area contributed by atoms with Crippen molar-refractivity contribution >= 4 is 27.8 Å². The van der Waals surface area contributed by atoms with Crippen LogP contribution >= 0.6 is 22.7 Å². The lowest BCUT2D eigenvalue weighted by Gasteiger charge is -2.13. The van der Waals surface area contributed by atoms with Gasteiger partial charge in [-0.25, -0.2) is 9.97 Å². The van der Waals surface area contributed by atoms with Crippen LogP contribution in [0.4, 0.5) is 5.13 Å². The van der Waals surface area contributed by atoms with Gasteiger partial charge < -0.3 is 15.0 Å². The molecule has 0 atom stereocenters. The van der Waals surface area contributed by atoms with E-state index in [2.05, 4.69) is 39.5 Å². The summed E-state index contributed by atoms with van der Waals surface area (Å²) < 4.78 is 5.03. The SMILES string of the molecule is COCCNCc1sc(N(C)Cc2csc(C)n2)nc1C. The van der Waals surface area contributed by atoms with Gasteiger partial charge in [-0.15, -0.1) is 22.7 Å². The maximum Gasteiger partial charge on any atom is 0.185 e. The van der Waals surface area contributed by atoms with E-state index in [0.29, 0.717) is 0 Å². The minimum Gasteiger partial charge on any atom is -0.383 e. The molecule has 5 nitrogen and oxygen atoms in total. The Morgan fingerprint density at radius 3 is 2.81 bits per heavy atom. The number of methoxy groups -OCH3 is 1. The zero-order valence-electron chi connectivity index (χ0n) is 13.0. The van der Waals surface area contributed by atoms with E-state index in [4.69, 9.17) is 4.74 Å². The van der Waals surface area contributed by atoms with Crippen LogP contribution in [-0.2, 0) is 17.8 Å². The van der Waals surface area contributed by atoms with E-state index in [1.807, 2.05) is 6.92 Å². The molecular formula is C14H22N4OS2. The van der Waals surface area contributed by atoms with E-state index in [1.54, 1.807) is 29.8 Å². The molecule has 0 aliphatic rings. The fourth-order valence-corrected chi connectivity index (χ4v) is 3.50. The first kappa shape index (κ1) is 16.4. The van der Waals surface area contributed by atoms with Gasteiger partial charge in [0.2, 0.25) is 0 Å². The monoisotopic (exact) mass is 326 g/mol. The molecule has 0 aliphatic heterocycles. The molecule has 2 heterocycles. The molecule has 0 amide bonds. The summed E-state index contributed by atoms with van der Waals surface area (Å²) in [5.74, 6) is 0. The summed E-state index contributed by atoms with van der Waals surface area (Å²) in [4.78, 5) is 12.6. The van der Waals surface area contributed by atoms with Crippen molar-refractivity contribution in [2.45, 2.75) is 26.9 Å². The van der Waals surface area contributed by atoms with Crippen molar-refractivity contribution in [3.8, 4) is 0 Å². The first-order valence-corrected chi connectivity index (χ1v) is 8.58. The fraction of sp³-hybridized carbons (Fsp3) is 0.571. The molecule has 0 unspecified atom stereocenters. The summed E-state index contributed by atoms with van der Waals surface area (Å²) >= 11 is 3.43. The Morgan fingerprint density at radius 1 is 1.33 bits per heavy atom. The number of ether oxygens (including phenoxy) is 1. The average molecular weight is 326 g/mol. The van der Waals surface area contributed by atoms with Crippen molar-refractivity contribution in [2.75, 3.05) is 32.2 Å². The minimum atomic E-state index is 0.730. The molecule has 2 aromatic rings. The first-order chi connectivity index (χ1) is 10.1. The van der Waals surface area contributed by atoms with Crippen LogP contribution in [0.1, 0.15) is 21.3 Å². The molecular weight excluding hydrogens is 304 g/mol. The Bertz CT molecular complexity index is 567. The van der Waals surface area contributed by atoms with Crippen molar-refractivity contribution < 1.29 is 4.74 Å². The zero-order chi connectivity index (χ0) is 15.2. The number of rotatable bonds is 8. The third kappa shape index (κ3) is 4.74. The maximum atomic E-state index is 5.03. The molecule has 21 heavy (non-hydrogen) atoms. The second-order valence-electron chi connectivity index (χ2n) is 4.89. The standard InChI is InChI=1S/C14H22N4OS2/c1-10-13(7-15-5-6-19-4)21-14(16-10)18(3)8-12-9-20-11(2)17-12/h9,15H,5-8H2,1-4H3.